The molecule has 1 aliphatic rings. The van der Waals surface area contributed by atoms with E-state index in [9.17, 15) is 10.2 Å². The maximum atomic E-state index is 9.67. The molecule has 1 saturated heterocycles. The fourth-order valence-corrected chi connectivity index (χ4v) is 3.03. The molecule has 21 heavy (non-hydrogen) atoms. The van der Waals surface area contributed by atoms with E-state index in [0.29, 0.717) is 11.8 Å². The summed E-state index contributed by atoms with van der Waals surface area (Å²) in [6.45, 7) is 1.91. The monoisotopic (exact) mass is 349 g/mol. The van der Waals surface area contributed by atoms with Gasteiger partial charge in [-0.25, -0.2) is 0 Å². The van der Waals surface area contributed by atoms with Crippen molar-refractivity contribution >= 4 is 17.0 Å². The van der Waals surface area contributed by atoms with Gasteiger partial charge in [0.1, 0.15) is 0 Å². The predicted octanol–water partition coefficient (Wildman–Crippen LogP) is 3.22. The third-order valence-corrected chi connectivity index (χ3v) is 4.11. The molecule has 0 aromatic heterocycles. The second-order valence-electron chi connectivity index (χ2n) is 5.46. The van der Waals surface area contributed by atoms with E-state index in [1.54, 1.807) is 12.1 Å². The van der Waals surface area contributed by atoms with Gasteiger partial charge >= 0.3 is 0 Å². The largest absolute Gasteiger partial charge is 0.504 e. The van der Waals surface area contributed by atoms with Crippen molar-refractivity contribution in [3.8, 4) is 11.5 Å². The average molecular weight is 350 g/mol. The molecule has 2 aromatic carbocycles. The van der Waals surface area contributed by atoms with Crippen LogP contribution in [-0.4, -0.2) is 23.3 Å². The van der Waals surface area contributed by atoms with Gasteiger partial charge < -0.3 is 15.5 Å². The van der Waals surface area contributed by atoms with Crippen LogP contribution in [0.1, 0.15) is 17.0 Å². The molecular weight excluding hydrogens is 330 g/mol. The highest BCUT2D eigenvalue weighted by Crippen LogP contribution is 2.35. The maximum Gasteiger partial charge on any atom is 0.157 e. The van der Waals surface area contributed by atoms with Gasteiger partial charge in [0, 0.05) is 12.5 Å². The topological polar surface area (TPSA) is 52.5 Å². The van der Waals surface area contributed by atoms with Crippen molar-refractivity contribution in [1.29, 1.82) is 0 Å². The molecule has 1 heterocycles. The van der Waals surface area contributed by atoms with Gasteiger partial charge in [0.05, 0.1) is 0 Å². The van der Waals surface area contributed by atoms with E-state index in [-0.39, 0.29) is 28.5 Å². The lowest BCUT2D eigenvalue weighted by molar-refractivity contribution is 0.401. The van der Waals surface area contributed by atoms with E-state index in [1.807, 2.05) is 12.1 Å². The SMILES string of the molecule is Br.Oc1ccc([C@@H]2CNC[C@@H]2Cc2ccccc2)cc1O. The molecule has 1 aliphatic heterocycles. The number of benzene rings is 2. The summed E-state index contributed by atoms with van der Waals surface area (Å²) in [6, 6.07) is 15.6. The summed E-state index contributed by atoms with van der Waals surface area (Å²) >= 11 is 0. The first-order valence-electron chi connectivity index (χ1n) is 7.00. The van der Waals surface area contributed by atoms with Gasteiger partial charge in [-0.15, -0.1) is 17.0 Å². The average Bonchev–Trinajstić information content (AvgIpc) is 2.91. The molecule has 4 heteroatoms. The van der Waals surface area contributed by atoms with Gasteiger partial charge in [-0.2, -0.15) is 0 Å². The van der Waals surface area contributed by atoms with Crippen molar-refractivity contribution in [1.82, 2.24) is 5.32 Å². The molecule has 0 radical (unpaired) electrons. The maximum absolute atomic E-state index is 9.67. The first-order valence-corrected chi connectivity index (χ1v) is 7.00. The van der Waals surface area contributed by atoms with E-state index in [4.69, 9.17) is 0 Å². The second-order valence-corrected chi connectivity index (χ2v) is 5.46. The minimum Gasteiger partial charge on any atom is -0.504 e. The Bertz CT molecular complexity index is 589. The Labute approximate surface area is 135 Å². The van der Waals surface area contributed by atoms with Crippen LogP contribution in [0.25, 0.3) is 0 Å². The van der Waals surface area contributed by atoms with Gasteiger partial charge in [0.2, 0.25) is 0 Å². The van der Waals surface area contributed by atoms with Gasteiger partial charge in [0.15, 0.2) is 11.5 Å². The zero-order valence-electron chi connectivity index (χ0n) is 11.7. The first kappa shape index (κ1) is 15.9. The van der Waals surface area contributed by atoms with Gasteiger partial charge in [-0.05, 0) is 42.1 Å². The zero-order valence-corrected chi connectivity index (χ0v) is 13.4. The van der Waals surface area contributed by atoms with Crippen molar-refractivity contribution in [2.24, 2.45) is 5.92 Å². The Morgan fingerprint density at radius 1 is 0.952 bits per heavy atom. The second kappa shape index (κ2) is 6.96. The number of aromatic hydroxyl groups is 2. The molecule has 2 atom stereocenters. The van der Waals surface area contributed by atoms with E-state index < -0.39 is 0 Å². The first-order chi connectivity index (χ1) is 9.74. The van der Waals surface area contributed by atoms with Crippen molar-refractivity contribution < 1.29 is 10.2 Å². The third kappa shape index (κ3) is 3.57. The number of rotatable bonds is 3. The molecular formula is C17H20BrNO2. The Hall–Kier alpha value is -1.52. The summed E-state index contributed by atoms with van der Waals surface area (Å²) in [6.07, 6.45) is 1.03. The summed E-state index contributed by atoms with van der Waals surface area (Å²) in [5, 5.41) is 22.5. The summed E-state index contributed by atoms with van der Waals surface area (Å²) in [7, 11) is 0. The molecule has 0 aliphatic carbocycles. The molecule has 0 unspecified atom stereocenters. The van der Waals surface area contributed by atoms with Crippen LogP contribution >= 0.6 is 17.0 Å². The van der Waals surface area contributed by atoms with Crippen molar-refractivity contribution in [3.05, 3.63) is 59.7 Å². The number of phenols is 2. The minimum absolute atomic E-state index is 0. The standard InChI is InChI=1S/C17H19NO2.BrH/c19-16-7-6-13(9-17(16)20)15-11-18-10-14(15)8-12-4-2-1-3-5-12;/h1-7,9,14-15,18-20H,8,10-11H2;1H/t14-,15-;/m0./s1. The van der Waals surface area contributed by atoms with Gasteiger partial charge in [0.25, 0.3) is 0 Å². The summed E-state index contributed by atoms with van der Waals surface area (Å²) in [5.41, 5.74) is 2.43. The van der Waals surface area contributed by atoms with E-state index in [1.165, 1.54) is 5.56 Å². The lowest BCUT2D eigenvalue weighted by Gasteiger charge is -2.19. The molecule has 112 valence electrons. The normalized spacial score (nSPS) is 21.0. The van der Waals surface area contributed by atoms with Crippen LogP contribution in [0.15, 0.2) is 48.5 Å². The van der Waals surface area contributed by atoms with E-state index in [2.05, 4.69) is 29.6 Å². The van der Waals surface area contributed by atoms with E-state index >= 15 is 0 Å². The Morgan fingerprint density at radius 2 is 1.71 bits per heavy atom. The Morgan fingerprint density at radius 3 is 2.43 bits per heavy atom. The lowest BCUT2D eigenvalue weighted by Crippen LogP contribution is -2.13. The molecule has 0 saturated carbocycles. The minimum atomic E-state index is -0.0562. The third-order valence-electron chi connectivity index (χ3n) is 4.11. The molecule has 2 aromatic rings. The highest BCUT2D eigenvalue weighted by atomic mass is 79.9. The van der Waals surface area contributed by atoms with Crippen LogP contribution in [0.4, 0.5) is 0 Å². The lowest BCUT2D eigenvalue weighted by atomic mass is 9.84. The van der Waals surface area contributed by atoms with Crippen LogP contribution < -0.4 is 5.32 Å². The van der Waals surface area contributed by atoms with Crippen LogP contribution in [0, 0.1) is 5.92 Å². The molecule has 0 bridgehead atoms. The number of nitrogens with one attached hydrogen (secondary N) is 1. The summed E-state index contributed by atoms with van der Waals surface area (Å²) in [5.74, 6) is 0.801. The molecule has 3 nitrogen and oxygen atoms in total. The number of hydrogen-bond acceptors (Lipinski definition) is 3. The molecule has 0 spiro atoms. The van der Waals surface area contributed by atoms with Crippen LogP contribution in [-0.2, 0) is 6.42 Å². The molecule has 0 amide bonds. The van der Waals surface area contributed by atoms with Crippen LogP contribution in [0.3, 0.4) is 0 Å². The van der Waals surface area contributed by atoms with Crippen LogP contribution in [0.5, 0.6) is 11.5 Å². The highest BCUT2D eigenvalue weighted by Gasteiger charge is 2.28. The molecule has 3 rings (SSSR count). The number of phenolic OH excluding ortho intramolecular Hbond substituents is 2. The summed E-state index contributed by atoms with van der Waals surface area (Å²) < 4.78 is 0. The Kier molecular flexibility index (Phi) is 5.26. The fraction of sp³-hybridized carbons (Fsp3) is 0.294. The van der Waals surface area contributed by atoms with Crippen LogP contribution in [0.2, 0.25) is 0 Å². The van der Waals surface area contributed by atoms with Gasteiger partial charge in [-0.3, -0.25) is 0 Å². The highest BCUT2D eigenvalue weighted by molar-refractivity contribution is 8.93. The predicted molar refractivity (Wildman–Crippen MR) is 89.3 cm³/mol. The smallest absolute Gasteiger partial charge is 0.157 e. The fourth-order valence-electron chi connectivity index (χ4n) is 3.03. The number of halogens is 1. The molecule has 3 N–H and O–H groups in total. The van der Waals surface area contributed by atoms with Gasteiger partial charge in [-0.1, -0.05) is 36.4 Å². The van der Waals surface area contributed by atoms with Crippen molar-refractivity contribution in [3.63, 3.8) is 0 Å². The Balaban J connectivity index is 0.00000161. The quantitative estimate of drug-likeness (QED) is 0.745. The summed E-state index contributed by atoms with van der Waals surface area (Å²) in [4.78, 5) is 0. The number of hydrogen-bond donors (Lipinski definition) is 3. The van der Waals surface area contributed by atoms with Crippen molar-refractivity contribution in [2.45, 2.75) is 12.3 Å². The van der Waals surface area contributed by atoms with Crippen molar-refractivity contribution in [2.75, 3.05) is 13.1 Å². The van der Waals surface area contributed by atoms with E-state index in [0.717, 1.165) is 25.1 Å². The zero-order chi connectivity index (χ0) is 13.9. The molecule has 1 fully saturated rings.